The van der Waals surface area contributed by atoms with Crippen LogP contribution in [0.4, 0.5) is 4.79 Å². The highest BCUT2D eigenvalue weighted by Gasteiger charge is 2.47. The van der Waals surface area contributed by atoms with Crippen LogP contribution >= 0.6 is 0 Å². The van der Waals surface area contributed by atoms with Gasteiger partial charge in [-0.05, 0) is 49.4 Å². The zero-order valence-electron chi connectivity index (χ0n) is 13.3. The predicted molar refractivity (Wildman–Crippen MR) is 81.8 cm³/mol. The Balaban J connectivity index is 1.68. The Morgan fingerprint density at radius 3 is 2.62 bits per heavy atom. The monoisotopic (exact) mass is 298 g/mol. The number of hydrogen-bond donors (Lipinski definition) is 4. The number of carbonyl (C=O) groups is 1. The Morgan fingerprint density at radius 2 is 1.95 bits per heavy atom. The first-order chi connectivity index (χ1) is 9.96. The molecule has 4 unspecified atom stereocenters. The van der Waals surface area contributed by atoms with Crippen molar-refractivity contribution in [3.63, 3.8) is 0 Å². The molecule has 5 heteroatoms. The van der Waals surface area contributed by atoms with Crippen molar-refractivity contribution < 1.29 is 15.0 Å². The van der Waals surface area contributed by atoms with Crippen LogP contribution in [0, 0.1) is 23.2 Å². The zero-order chi connectivity index (χ0) is 15.5. The van der Waals surface area contributed by atoms with Crippen molar-refractivity contribution in [2.75, 3.05) is 19.8 Å². The van der Waals surface area contributed by atoms with Gasteiger partial charge >= 0.3 is 6.03 Å². The molecule has 0 saturated heterocycles. The molecule has 0 aromatic carbocycles. The van der Waals surface area contributed by atoms with Crippen molar-refractivity contribution in [2.45, 2.75) is 52.0 Å². The molecule has 0 aromatic rings. The molecule has 2 rings (SSSR count). The second-order valence-electron chi connectivity index (χ2n) is 7.53. The van der Waals surface area contributed by atoms with Gasteiger partial charge in [-0.1, -0.05) is 13.8 Å². The smallest absolute Gasteiger partial charge is 0.315 e. The Kier molecular flexibility index (Phi) is 5.49. The molecule has 122 valence electrons. The Bertz CT molecular complexity index is 359. The van der Waals surface area contributed by atoms with Gasteiger partial charge in [0.25, 0.3) is 0 Å². The minimum Gasteiger partial charge on any atom is -0.396 e. The Hall–Kier alpha value is -0.810. The summed E-state index contributed by atoms with van der Waals surface area (Å²) in [5.74, 6) is 1.38. The van der Waals surface area contributed by atoms with Gasteiger partial charge in [-0.25, -0.2) is 4.79 Å². The Labute approximate surface area is 127 Å². The molecule has 4 N–H and O–H groups in total. The Morgan fingerprint density at radius 1 is 1.24 bits per heavy atom. The van der Waals surface area contributed by atoms with Gasteiger partial charge in [-0.3, -0.25) is 0 Å². The van der Waals surface area contributed by atoms with Crippen LogP contribution in [-0.4, -0.2) is 42.0 Å². The molecule has 0 spiro atoms. The molecule has 0 radical (unpaired) electrons. The lowest BCUT2D eigenvalue weighted by Crippen LogP contribution is -2.49. The molecular formula is C16H30N2O3. The van der Waals surface area contributed by atoms with Gasteiger partial charge < -0.3 is 20.8 Å². The van der Waals surface area contributed by atoms with Crippen molar-refractivity contribution >= 4 is 6.03 Å². The molecule has 2 fully saturated rings. The molecule has 0 aromatic heterocycles. The largest absolute Gasteiger partial charge is 0.396 e. The zero-order valence-corrected chi connectivity index (χ0v) is 13.3. The number of urea groups is 1. The van der Waals surface area contributed by atoms with Crippen molar-refractivity contribution in [2.24, 2.45) is 23.2 Å². The van der Waals surface area contributed by atoms with E-state index >= 15 is 0 Å². The predicted octanol–water partition coefficient (Wildman–Crippen LogP) is 1.49. The summed E-state index contributed by atoms with van der Waals surface area (Å²) >= 11 is 0. The molecule has 4 atom stereocenters. The van der Waals surface area contributed by atoms with Crippen LogP contribution in [0.1, 0.15) is 46.0 Å². The van der Waals surface area contributed by atoms with E-state index < -0.39 is 0 Å². The van der Waals surface area contributed by atoms with Crippen molar-refractivity contribution in [1.29, 1.82) is 0 Å². The van der Waals surface area contributed by atoms with E-state index in [1.807, 2.05) is 13.8 Å². The first kappa shape index (κ1) is 16.6. The maximum Gasteiger partial charge on any atom is 0.315 e. The fraction of sp³-hybridized carbons (Fsp3) is 0.938. The average molecular weight is 298 g/mol. The first-order valence-corrected chi connectivity index (χ1v) is 8.23. The van der Waals surface area contributed by atoms with Crippen LogP contribution in [0.5, 0.6) is 0 Å². The van der Waals surface area contributed by atoms with Crippen molar-refractivity contribution in [3.05, 3.63) is 0 Å². The third-order valence-corrected chi connectivity index (χ3v) is 5.34. The number of hydrogen-bond acceptors (Lipinski definition) is 3. The molecule has 2 aliphatic rings. The summed E-state index contributed by atoms with van der Waals surface area (Å²) in [6.07, 6.45) is 5.28. The van der Waals surface area contributed by atoms with E-state index in [4.69, 9.17) is 0 Å². The molecule has 21 heavy (non-hydrogen) atoms. The quantitative estimate of drug-likeness (QED) is 0.538. The standard InChI is InChI=1S/C16H30N2O3/c1-16(2,10-20)6-3-7-17-15(21)18-14-12-5-4-11(8-12)13(14)9-19/h11-14,19-20H,3-10H2,1-2H3,(H2,17,18,21). The highest BCUT2D eigenvalue weighted by Crippen LogP contribution is 2.48. The summed E-state index contributed by atoms with van der Waals surface area (Å²) in [4.78, 5) is 12.0. The summed E-state index contributed by atoms with van der Waals surface area (Å²) in [6, 6.07) is 0.0236. The van der Waals surface area contributed by atoms with Crippen LogP contribution in [0.3, 0.4) is 0 Å². The van der Waals surface area contributed by atoms with E-state index in [-0.39, 0.29) is 36.6 Å². The van der Waals surface area contributed by atoms with Crippen LogP contribution < -0.4 is 10.6 Å². The number of aliphatic hydroxyl groups excluding tert-OH is 2. The third kappa shape index (κ3) is 4.10. The molecule has 0 heterocycles. The van der Waals surface area contributed by atoms with E-state index in [1.54, 1.807) is 0 Å². The van der Waals surface area contributed by atoms with Gasteiger partial charge in [0, 0.05) is 31.7 Å². The lowest BCUT2D eigenvalue weighted by molar-refractivity contribution is 0.143. The maximum absolute atomic E-state index is 12.0. The van der Waals surface area contributed by atoms with Crippen molar-refractivity contribution in [3.8, 4) is 0 Å². The first-order valence-electron chi connectivity index (χ1n) is 8.23. The molecule has 0 aliphatic heterocycles. The second-order valence-corrected chi connectivity index (χ2v) is 7.53. The van der Waals surface area contributed by atoms with Gasteiger partial charge in [0.2, 0.25) is 0 Å². The normalized spacial score (nSPS) is 31.4. The number of amides is 2. The lowest BCUT2D eigenvalue weighted by atomic mass is 9.85. The van der Waals surface area contributed by atoms with Crippen molar-refractivity contribution in [1.82, 2.24) is 10.6 Å². The van der Waals surface area contributed by atoms with Gasteiger partial charge in [0.05, 0.1) is 0 Å². The summed E-state index contributed by atoms with van der Waals surface area (Å²) in [7, 11) is 0. The lowest BCUT2D eigenvalue weighted by Gasteiger charge is -2.30. The fourth-order valence-electron chi connectivity index (χ4n) is 3.95. The van der Waals surface area contributed by atoms with E-state index in [1.165, 1.54) is 12.8 Å². The minimum absolute atomic E-state index is 0.0786. The van der Waals surface area contributed by atoms with E-state index in [2.05, 4.69) is 10.6 Å². The van der Waals surface area contributed by atoms with Gasteiger partial charge in [0.15, 0.2) is 0 Å². The van der Waals surface area contributed by atoms with Gasteiger partial charge in [-0.15, -0.1) is 0 Å². The SMILES string of the molecule is CC(C)(CO)CCCNC(=O)NC1C2CCC(C2)C1CO. The van der Waals surface area contributed by atoms with Crippen LogP contribution in [0.25, 0.3) is 0 Å². The molecule has 2 saturated carbocycles. The number of nitrogens with one attached hydrogen (secondary N) is 2. The number of rotatable bonds is 7. The topological polar surface area (TPSA) is 81.6 Å². The fourth-order valence-corrected chi connectivity index (χ4v) is 3.95. The molecule has 2 bridgehead atoms. The summed E-state index contributed by atoms with van der Waals surface area (Å²) in [5, 5.41) is 24.7. The summed E-state index contributed by atoms with van der Waals surface area (Å²) < 4.78 is 0. The summed E-state index contributed by atoms with van der Waals surface area (Å²) in [6.45, 7) is 5.02. The van der Waals surface area contributed by atoms with Crippen LogP contribution in [0.2, 0.25) is 0 Å². The molecule has 5 nitrogen and oxygen atoms in total. The van der Waals surface area contributed by atoms with Crippen LogP contribution in [-0.2, 0) is 0 Å². The number of aliphatic hydroxyl groups is 2. The van der Waals surface area contributed by atoms with E-state index in [9.17, 15) is 15.0 Å². The molecule has 2 amide bonds. The van der Waals surface area contributed by atoms with Gasteiger partial charge in [-0.2, -0.15) is 0 Å². The third-order valence-electron chi connectivity index (χ3n) is 5.34. The minimum atomic E-state index is -0.118. The second kappa shape index (κ2) is 6.97. The average Bonchev–Trinajstić information content (AvgIpc) is 3.04. The number of fused-ring (bicyclic) bond motifs is 2. The molecule has 2 aliphatic carbocycles. The highest BCUT2D eigenvalue weighted by molar-refractivity contribution is 5.74. The summed E-state index contributed by atoms with van der Waals surface area (Å²) in [5.41, 5.74) is -0.0786. The highest BCUT2D eigenvalue weighted by atomic mass is 16.3. The van der Waals surface area contributed by atoms with E-state index in [0.717, 1.165) is 19.3 Å². The van der Waals surface area contributed by atoms with E-state index in [0.29, 0.717) is 18.4 Å². The van der Waals surface area contributed by atoms with Gasteiger partial charge in [0.1, 0.15) is 0 Å². The van der Waals surface area contributed by atoms with Crippen LogP contribution in [0.15, 0.2) is 0 Å². The maximum atomic E-state index is 12.0. The number of carbonyl (C=O) groups excluding carboxylic acids is 1. The molecular weight excluding hydrogens is 268 g/mol.